The van der Waals surface area contributed by atoms with Gasteiger partial charge in [-0.05, 0) is 18.8 Å². The van der Waals surface area contributed by atoms with Gasteiger partial charge in [-0.2, -0.15) is 0 Å². The molecule has 0 saturated heterocycles. The van der Waals surface area contributed by atoms with Crippen LogP contribution in [-0.4, -0.2) is 22.1 Å². The fourth-order valence-corrected chi connectivity index (χ4v) is 1.52. The summed E-state index contributed by atoms with van der Waals surface area (Å²) in [6.07, 6.45) is 5.66. The first-order chi connectivity index (χ1) is 7.18. The molecule has 15 heavy (non-hydrogen) atoms. The topological polar surface area (TPSA) is 72.9 Å². The van der Waals surface area contributed by atoms with Crippen molar-refractivity contribution in [3.8, 4) is 0 Å². The summed E-state index contributed by atoms with van der Waals surface area (Å²) in [6.45, 7) is 0.622. The second kappa shape index (κ2) is 4.02. The molecule has 0 amide bonds. The average molecular weight is 208 g/mol. The summed E-state index contributed by atoms with van der Waals surface area (Å²) in [5, 5.41) is 3.01. The third-order valence-electron chi connectivity index (χ3n) is 2.75. The Kier molecular flexibility index (Phi) is 2.73. The van der Waals surface area contributed by atoms with E-state index in [1.54, 1.807) is 19.4 Å². The highest BCUT2D eigenvalue weighted by atomic mass is 16.1. The van der Waals surface area contributed by atoms with Gasteiger partial charge in [-0.25, -0.2) is 4.98 Å². The number of hydrogen-bond donors (Lipinski definition) is 2. The molecule has 1 saturated carbocycles. The molecule has 1 heterocycles. The molecule has 1 aliphatic rings. The minimum absolute atomic E-state index is 0.111. The zero-order valence-electron chi connectivity index (χ0n) is 8.81. The van der Waals surface area contributed by atoms with E-state index in [1.165, 1.54) is 17.4 Å². The van der Waals surface area contributed by atoms with E-state index in [-0.39, 0.29) is 11.6 Å². The highest BCUT2D eigenvalue weighted by Gasteiger charge is 2.28. The van der Waals surface area contributed by atoms with Crippen molar-refractivity contribution in [2.45, 2.75) is 18.9 Å². The molecule has 5 nitrogen and oxygen atoms in total. The molecule has 3 N–H and O–H groups in total. The van der Waals surface area contributed by atoms with Gasteiger partial charge in [0.05, 0.1) is 0 Å². The number of nitrogens with one attached hydrogen (secondary N) is 1. The smallest absolute Gasteiger partial charge is 0.293 e. The summed E-state index contributed by atoms with van der Waals surface area (Å²) in [4.78, 5) is 15.6. The molecular weight excluding hydrogens is 192 g/mol. The third-order valence-corrected chi connectivity index (χ3v) is 2.75. The van der Waals surface area contributed by atoms with Crippen molar-refractivity contribution >= 4 is 5.82 Å². The number of rotatable bonds is 4. The molecule has 1 aromatic heterocycles. The van der Waals surface area contributed by atoms with Crippen LogP contribution >= 0.6 is 0 Å². The van der Waals surface area contributed by atoms with Gasteiger partial charge < -0.3 is 15.6 Å². The first kappa shape index (κ1) is 10.2. The SMILES string of the molecule is Cn1ccnc(NCC(N)C2CC2)c1=O. The van der Waals surface area contributed by atoms with Crippen LogP contribution in [0.5, 0.6) is 0 Å². The first-order valence-electron chi connectivity index (χ1n) is 5.19. The molecule has 0 aromatic carbocycles. The minimum atomic E-state index is -0.111. The van der Waals surface area contributed by atoms with Crippen molar-refractivity contribution in [3.63, 3.8) is 0 Å². The molecule has 1 unspecified atom stereocenters. The molecule has 0 bridgehead atoms. The van der Waals surface area contributed by atoms with E-state index in [2.05, 4.69) is 10.3 Å². The van der Waals surface area contributed by atoms with Crippen LogP contribution in [0.15, 0.2) is 17.2 Å². The maximum atomic E-state index is 11.6. The van der Waals surface area contributed by atoms with Gasteiger partial charge in [0.25, 0.3) is 5.56 Å². The summed E-state index contributed by atoms with van der Waals surface area (Å²) < 4.78 is 1.50. The lowest BCUT2D eigenvalue weighted by atomic mass is 10.2. The molecule has 5 heteroatoms. The number of aryl methyl sites for hydroxylation is 1. The normalized spacial score (nSPS) is 17.5. The Labute approximate surface area is 88.3 Å². The molecule has 0 radical (unpaired) electrons. The Hall–Kier alpha value is -1.36. The van der Waals surface area contributed by atoms with Gasteiger partial charge >= 0.3 is 0 Å². The monoisotopic (exact) mass is 208 g/mol. The standard InChI is InChI=1S/C10H16N4O/c1-14-5-4-12-9(10(14)15)13-6-8(11)7-2-3-7/h4-5,7-8H,2-3,6,11H2,1H3,(H,12,13). The van der Waals surface area contributed by atoms with Crippen LogP contribution in [0, 0.1) is 5.92 Å². The summed E-state index contributed by atoms with van der Waals surface area (Å²) in [7, 11) is 1.70. The number of nitrogens with two attached hydrogens (primary N) is 1. The molecular formula is C10H16N4O. The zero-order chi connectivity index (χ0) is 10.8. The quantitative estimate of drug-likeness (QED) is 0.726. The predicted octanol–water partition coefficient (Wildman–Crippen LogP) is -0.0705. The Balaban J connectivity index is 1.98. The summed E-state index contributed by atoms with van der Waals surface area (Å²) >= 11 is 0. The van der Waals surface area contributed by atoms with E-state index >= 15 is 0 Å². The second-order valence-corrected chi connectivity index (χ2v) is 4.07. The lowest BCUT2D eigenvalue weighted by Crippen LogP contribution is -2.33. The van der Waals surface area contributed by atoms with Gasteiger partial charge in [-0.3, -0.25) is 4.79 Å². The van der Waals surface area contributed by atoms with Crippen LogP contribution in [-0.2, 0) is 7.05 Å². The Morgan fingerprint density at radius 2 is 2.47 bits per heavy atom. The fourth-order valence-electron chi connectivity index (χ4n) is 1.52. The highest BCUT2D eigenvalue weighted by molar-refractivity contribution is 5.30. The molecule has 2 rings (SSSR count). The van der Waals surface area contributed by atoms with E-state index in [4.69, 9.17) is 5.73 Å². The van der Waals surface area contributed by atoms with Crippen LogP contribution in [0.4, 0.5) is 5.82 Å². The van der Waals surface area contributed by atoms with Crippen molar-refractivity contribution in [1.29, 1.82) is 0 Å². The van der Waals surface area contributed by atoms with Gasteiger partial charge in [-0.1, -0.05) is 0 Å². The predicted molar refractivity (Wildman–Crippen MR) is 58.7 cm³/mol. The van der Waals surface area contributed by atoms with Gasteiger partial charge in [0.2, 0.25) is 0 Å². The van der Waals surface area contributed by atoms with Crippen molar-refractivity contribution in [2.75, 3.05) is 11.9 Å². The highest BCUT2D eigenvalue weighted by Crippen LogP contribution is 2.31. The zero-order valence-corrected chi connectivity index (χ0v) is 8.81. The van der Waals surface area contributed by atoms with E-state index in [0.29, 0.717) is 18.3 Å². The number of hydrogen-bond acceptors (Lipinski definition) is 4. The maximum absolute atomic E-state index is 11.6. The maximum Gasteiger partial charge on any atom is 0.293 e. The molecule has 1 aliphatic carbocycles. The van der Waals surface area contributed by atoms with Gasteiger partial charge in [0.15, 0.2) is 5.82 Å². The van der Waals surface area contributed by atoms with E-state index < -0.39 is 0 Å². The number of nitrogens with zero attached hydrogens (tertiary/aromatic N) is 2. The van der Waals surface area contributed by atoms with Gasteiger partial charge in [0.1, 0.15) is 0 Å². The first-order valence-corrected chi connectivity index (χ1v) is 5.19. The Bertz CT molecular complexity index is 397. The lowest BCUT2D eigenvalue weighted by molar-refractivity contribution is 0.618. The molecule has 0 spiro atoms. The lowest BCUT2D eigenvalue weighted by Gasteiger charge is -2.11. The number of anilines is 1. The average Bonchev–Trinajstić information content (AvgIpc) is 3.03. The molecule has 0 aliphatic heterocycles. The number of aromatic nitrogens is 2. The minimum Gasteiger partial charge on any atom is -0.364 e. The van der Waals surface area contributed by atoms with E-state index in [0.717, 1.165) is 0 Å². The van der Waals surface area contributed by atoms with Gasteiger partial charge in [-0.15, -0.1) is 0 Å². The van der Waals surface area contributed by atoms with Crippen molar-refractivity contribution < 1.29 is 0 Å². The molecule has 1 aromatic rings. The Morgan fingerprint density at radius 1 is 1.73 bits per heavy atom. The van der Waals surface area contributed by atoms with Crippen LogP contribution in [0.25, 0.3) is 0 Å². The van der Waals surface area contributed by atoms with Crippen LogP contribution < -0.4 is 16.6 Å². The van der Waals surface area contributed by atoms with Crippen LogP contribution in [0.2, 0.25) is 0 Å². The van der Waals surface area contributed by atoms with E-state index in [9.17, 15) is 4.79 Å². The van der Waals surface area contributed by atoms with E-state index in [1.807, 2.05) is 0 Å². The largest absolute Gasteiger partial charge is 0.364 e. The summed E-state index contributed by atoms with van der Waals surface area (Å²) in [6, 6.07) is 0.136. The van der Waals surface area contributed by atoms with Crippen LogP contribution in [0.3, 0.4) is 0 Å². The third kappa shape index (κ3) is 2.36. The summed E-state index contributed by atoms with van der Waals surface area (Å²) in [5.41, 5.74) is 5.81. The summed E-state index contributed by atoms with van der Waals surface area (Å²) in [5.74, 6) is 1.01. The van der Waals surface area contributed by atoms with Crippen molar-refractivity contribution in [1.82, 2.24) is 9.55 Å². The fraction of sp³-hybridized carbons (Fsp3) is 0.600. The molecule has 82 valence electrons. The molecule has 1 fully saturated rings. The van der Waals surface area contributed by atoms with Gasteiger partial charge in [0, 0.05) is 32.0 Å². The van der Waals surface area contributed by atoms with Crippen LogP contribution in [0.1, 0.15) is 12.8 Å². The van der Waals surface area contributed by atoms with Crippen molar-refractivity contribution in [3.05, 3.63) is 22.7 Å². The second-order valence-electron chi connectivity index (χ2n) is 4.07. The van der Waals surface area contributed by atoms with Crippen molar-refractivity contribution in [2.24, 2.45) is 18.7 Å². The molecule has 1 atom stereocenters. The Morgan fingerprint density at radius 3 is 3.13 bits per heavy atom.